The molecule has 2 aliphatic rings. The van der Waals surface area contributed by atoms with Crippen LogP contribution in [0.5, 0.6) is 0 Å². The number of carbonyl (C=O) groups excluding carboxylic acids is 3. The number of aromatic nitrogens is 2. The highest BCUT2D eigenvalue weighted by atomic mass is 16.2. The summed E-state index contributed by atoms with van der Waals surface area (Å²) < 4.78 is 1.66. The number of nitrogens with zero attached hydrogens (tertiary/aromatic N) is 4. The van der Waals surface area contributed by atoms with Crippen LogP contribution in [0.25, 0.3) is 10.9 Å². The summed E-state index contributed by atoms with van der Waals surface area (Å²) in [6.45, 7) is 1.23. The summed E-state index contributed by atoms with van der Waals surface area (Å²) in [7, 11) is 0. The zero-order valence-electron chi connectivity index (χ0n) is 13.0. The van der Waals surface area contributed by atoms with Crippen molar-refractivity contribution in [2.24, 2.45) is 0 Å². The Labute approximate surface area is 138 Å². The van der Waals surface area contributed by atoms with Gasteiger partial charge in [0.1, 0.15) is 12.6 Å². The van der Waals surface area contributed by atoms with Gasteiger partial charge in [0.2, 0.25) is 17.7 Å². The predicted molar refractivity (Wildman–Crippen MR) is 84.8 cm³/mol. The molecule has 3 amide bonds. The topological polar surface area (TPSA) is 87.5 Å². The second-order valence-electron chi connectivity index (χ2n) is 6.02. The van der Waals surface area contributed by atoms with Gasteiger partial charge in [-0.25, -0.2) is 0 Å². The van der Waals surface area contributed by atoms with Gasteiger partial charge in [-0.05, 0) is 6.07 Å². The van der Waals surface area contributed by atoms with Crippen LogP contribution in [0, 0.1) is 0 Å². The second kappa shape index (κ2) is 5.63. The Bertz CT molecular complexity index is 830. The third-order valence-electron chi connectivity index (χ3n) is 4.61. The molecule has 1 aromatic heterocycles. The van der Waals surface area contributed by atoms with Gasteiger partial charge in [0.05, 0.1) is 24.8 Å². The minimum atomic E-state index is -0.585. The van der Waals surface area contributed by atoms with E-state index in [1.54, 1.807) is 20.7 Å². The van der Waals surface area contributed by atoms with Crippen LogP contribution in [0.4, 0.5) is 0 Å². The van der Waals surface area contributed by atoms with E-state index in [2.05, 4.69) is 10.4 Å². The van der Waals surface area contributed by atoms with Crippen molar-refractivity contribution in [1.82, 2.24) is 24.9 Å². The number of nitrogens with one attached hydrogen (secondary N) is 1. The largest absolute Gasteiger partial charge is 0.345 e. The van der Waals surface area contributed by atoms with Crippen LogP contribution in [0.1, 0.15) is 0 Å². The lowest BCUT2D eigenvalue weighted by Crippen LogP contribution is -2.66. The zero-order chi connectivity index (χ0) is 16.7. The highest BCUT2D eigenvalue weighted by Gasteiger charge is 2.39. The van der Waals surface area contributed by atoms with Crippen LogP contribution >= 0.6 is 0 Å². The maximum atomic E-state index is 12.6. The summed E-state index contributed by atoms with van der Waals surface area (Å²) >= 11 is 0. The molecule has 0 radical (unpaired) electrons. The first kappa shape index (κ1) is 14.7. The third-order valence-corrected chi connectivity index (χ3v) is 4.61. The van der Waals surface area contributed by atoms with E-state index in [1.807, 2.05) is 24.3 Å². The summed E-state index contributed by atoms with van der Waals surface area (Å²) in [6.07, 6.45) is 1.73. The minimum absolute atomic E-state index is 0.0442. The number of fused-ring (bicyclic) bond motifs is 2. The molecule has 8 nitrogen and oxygen atoms in total. The van der Waals surface area contributed by atoms with Gasteiger partial charge >= 0.3 is 0 Å². The maximum Gasteiger partial charge on any atom is 0.245 e. The summed E-state index contributed by atoms with van der Waals surface area (Å²) in [4.78, 5) is 39.6. The molecule has 8 heteroatoms. The van der Waals surface area contributed by atoms with Crippen molar-refractivity contribution in [3.8, 4) is 0 Å². The van der Waals surface area contributed by atoms with Crippen LogP contribution in [0.2, 0.25) is 0 Å². The smallest absolute Gasteiger partial charge is 0.245 e. The van der Waals surface area contributed by atoms with Gasteiger partial charge in [0.15, 0.2) is 0 Å². The number of hydrogen-bond acceptors (Lipinski definition) is 4. The molecule has 0 unspecified atom stereocenters. The zero-order valence-corrected chi connectivity index (χ0v) is 13.0. The predicted octanol–water partition coefficient (Wildman–Crippen LogP) is -0.794. The molecule has 2 aromatic rings. The fourth-order valence-corrected chi connectivity index (χ4v) is 3.29. The van der Waals surface area contributed by atoms with E-state index < -0.39 is 6.04 Å². The van der Waals surface area contributed by atoms with Crippen molar-refractivity contribution in [1.29, 1.82) is 0 Å². The molecule has 2 saturated heterocycles. The summed E-state index contributed by atoms with van der Waals surface area (Å²) in [5.41, 5.74) is 0.898. The molecule has 2 aliphatic heterocycles. The van der Waals surface area contributed by atoms with Crippen molar-refractivity contribution >= 4 is 28.6 Å². The Morgan fingerprint density at radius 3 is 2.96 bits per heavy atom. The molecule has 1 atom stereocenters. The molecule has 1 aromatic carbocycles. The molecular weight excluding hydrogens is 310 g/mol. The minimum Gasteiger partial charge on any atom is -0.345 e. The molecule has 2 fully saturated rings. The Morgan fingerprint density at radius 2 is 2.08 bits per heavy atom. The first-order valence-corrected chi connectivity index (χ1v) is 7.89. The quantitative estimate of drug-likeness (QED) is 0.783. The Kier molecular flexibility index (Phi) is 3.44. The molecule has 0 bridgehead atoms. The van der Waals surface area contributed by atoms with Crippen LogP contribution in [-0.4, -0.2) is 69.5 Å². The number of rotatable bonds is 2. The van der Waals surface area contributed by atoms with E-state index in [0.717, 1.165) is 10.9 Å². The molecule has 1 N–H and O–H groups in total. The second-order valence-corrected chi connectivity index (χ2v) is 6.02. The number of hydrogen-bond donors (Lipinski definition) is 1. The average Bonchev–Trinajstić information content (AvgIpc) is 3.01. The van der Waals surface area contributed by atoms with E-state index in [1.165, 1.54) is 0 Å². The van der Waals surface area contributed by atoms with E-state index >= 15 is 0 Å². The number of piperazine rings is 2. The Hall–Kier alpha value is -2.90. The summed E-state index contributed by atoms with van der Waals surface area (Å²) in [5, 5.41) is 7.82. The van der Waals surface area contributed by atoms with Crippen molar-refractivity contribution in [2.45, 2.75) is 12.6 Å². The lowest BCUT2D eigenvalue weighted by molar-refractivity contribution is -0.152. The first-order valence-electron chi connectivity index (χ1n) is 7.89. The first-order chi connectivity index (χ1) is 11.6. The van der Waals surface area contributed by atoms with Gasteiger partial charge in [-0.1, -0.05) is 18.2 Å². The molecule has 0 aliphatic carbocycles. The fraction of sp³-hybridized carbons (Fsp3) is 0.375. The number of benzene rings is 1. The molecule has 0 saturated carbocycles. The van der Waals surface area contributed by atoms with Gasteiger partial charge in [-0.3, -0.25) is 19.1 Å². The van der Waals surface area contributed by atoms with Crippen LogP contribution < -0.4 is 5.32 Å². The lowest BCUT2D eigenvalue weighted by Gasteiger charge is -2.42. The van der Waals surface area contributed by atoms with Gasteiger partial charge in [0, 0.05) is 18.5 Å². The highest BCUT2D eigenvalue weighted by Crippen LogP contribution is 2.16. The van der Waals surface area contributed by atoms with E-state index in [9.17, 15) is 14.4 Å². The SMILES string of the molecule is O=C1NCC(=O)N2CCN(C(=O)Cn3ncc4ccccc43)C[C@H]12. The average molecular weight is 327 g/mol. The number of amides is 3. The molecular formula is C16H17N5O3. The molecule has 4 rings (SSSR count). The normalized spacial score (nSPS) is 20.9. The molecule has 3 heterocycles. The van der Waals surface area contributed by atoms with Crippen LogP contribution in [0.3, 0.4) is 0 Å². The number of para-hydroxylation sites is 1. The number of carbonyl (C=O) groups is 3. The monoisotopic (exact) mass is 327 g/mol. The van der Waals surface area contributed by atoms with E-state index in [4.69, 9.17) is 0 Å². The van der Waals surface area contributed by atoms with E-state index in [0.29, 0.717) is 13.1 Å². The van der Waals surface area contributed by atoms with E-state index in [-0.39, 0.29) is 37.4 Å². The Morgan fingerprint density at radius 1 is 1.25 bits per heavy atom. The van der Waals surface area contributed by atoms with Gasteiger partial charge < -0.3 is 15.1 Å². The van der Waals surface area contributed by atoms with Crippen LogP contribution in [0.15, 0.2) is 30.5 Å². The van der Waals surface area contributed by atoms with Gasteiger partial charge in [-0.15, -0.1) is 0 Å². The molecule has 124 valence electrons. The summed E-state index contributed by atoms with van der Waals surface area (Å²) in [5.74, 6) is -0.393. The van der Waals surface area contributed by atoms with Crippen molar-refractivity contribution in [3.05, 3.63) is 30.5 Å². The van der Waals surface area contributed by atoms with Crippen LogP contribution in [-0.2, 0) is 20.9 Å². The van der Waals surface area contributed by atoms with Gasteiger partial charge in [0.25, 0.3) is 0 Å². The molecule has 0 spiro atoms. The van der Waals surface area contributed by atoms with Gasteiger partial charge in [-0.2, -0.15) is 5.10 Å². The van der Waals surface area contributed by atoms with Crippen molar-refractivity contribution in [2.75, 3.05) is 26.2 Å². The Balaban J connectivity index is 1.49. The lowest BCUT2D eigenvalue weighted by atomic mass is 10.1. The maximum absolute atomic E-state index is 12.6. The van der Waals surface area contributed by atoms with Crippen molar-refractivity contribution in [3.63, 3.8) is 0 Å². The molecule has 24 heavy (non-hydrogen) atoms. The van der Waals surface area contributed by atoms with Crippen molar-refractivity contribution < 1.29 is 14.4 Å². The highest BCUT2D eigenvalue weighted by molar-refractivity contribution is 5.95. The fourth-order valence-electron chi connectivity index (χ4n) is 3.29. The summed E-state index contributed by atoms with van der Waals surface area (Å²) in [6, 6.07) is 7.11. The third kappa shape index (κ3) is 2.40. The standard InChI is InChI=1S/C16H17N5O3/c22-14-8-17-16(24)13-9-19(5-6-20(13)14)15(23)10-21-12-4-2-1-3-11(12)7-18-21/h1-4,7,13H,5-6,8-10H2,(H,17,24)/t13-/m1/s1.